The van der Waals surface area contributed by atoms with Crippen molar-refractivity contribution in [2.24, 2.45) is 5.73 Å². The number of hydrogen-bond donors (Lipinski definition) is 2. The van der Waals surface area contributed by atoms with E-state index in [1.807, 2.05) is 31.2 Å². The number of hydrogen-bond acceptors (Lipinski definition) is 4. The summed E-state index contributed by atoms with van der Waals surface area (Å²) in [7, 11) is 0. The maximum Gasteiger partial charge on any atom is 0.254 e. The van der Waals surface area contributed by atoms with E-state index in [9.17, 15) is 4.79 Å². The summed E-state index contributed by atoms with van der Waals surface area (Å²) in [5.41, 5.74) is 7.60. The van der Waals surface area contributed by atoms with E-state index in [1.54, 1.807) is 16.9 Å². The Bertz CT molecular complexity index is 668. The summed E-state index contributed by atoms with van der Waals surface area (Å²) in [4.78, 5) is 12.3. The molecule has 22 heavy (non-hydrogen) atoms. The molecular formula is C16H20N4O2. The Labute approximate surface area is 129 Å². The highest BCUT2D eigenvalue weighted by Crippen LogP contribution is 2.22. The summed E-state index contributed by atoms with van der Waals surface area (Å²) in [6.07, 6.45) is 2.74. The molecule has 1 aliphatic heterocycles. The van der Waals surface area contributed by atoms with Crippen molar-refractivity contribution in [1.82, 2.24) is 9.78 Å². The lowest BCUT2D eigenvalue weighted by molar-refractivity contribution is -0.126. The number of para-hydroxylation sites is 1. The lowest BCUT2D eigenvalue weighted by Crippen LogP contribution is -2.30. The fraction of sp³-hybridized carbons (Fsp3) is 0.375. The zero-order valence-corrected chi connectivity index (χ0v) is 12.5. The molecule has 1 saturated heterocycles. The Balaban J connectivity index is 1.76. The molecular weight excluding hydrogens is 280 g/mol. The highest BCUT2D eigenvalue weighted by Gasteiger charge is 2.30. The number of nitrogens with two attached hydrogens (primary N) is 1. The van der Waals surface area contributed by atoms with E-state index in [2.05, 4.69) is 10.4 Å². The van der Waals surface area contributed by atoms with Crippen LogP contribution in [0.1, 0.15) is 18.4 Å². The summed E-state index contributed by atoms with van der Waals surface area (Å²) in [6, 6.07) is 9.67. The average Bonchev–Trinajstić information content (AvgIpc) is 3.16. The molecule has 2 heterocycles. The van der Waals surface area contributed by atoms with E-state index >= 15 is 0 Å². The van der Waals surface area contributed by atoms with Crippen molar-refractivity contribution in [1.29, 1.82) is 0 Å². The van der Waals surface area contributed by atoms with Gasteiger partial charge in [-0.15, -0.1) is 0 Å². The molecule has 1 aromatic heterocycles. The molecule has 1 fully saturated rings. The summed E-state index contributed by atoms with van der Waals surface area (Å²) < 4.78 is 7.35. The van der Waals surface area contributed by atoms with Gasteiger partial charge in [0.1, 0.15) is 11.9 Å². The molecule has 1 amide bonds. The van der Waals surface area contributed by atoms with Crippen molar-refractivity contribution in [3.05, 3.63) is 42.1 Å². The number of aryl methyl sites for hydroxylation is 1. The minimum atomic E-state index is -0.436. The Morgan fingerprint density at radius 3 is 2.95 bits per heavy atom. The first-order chi connectivity index (χ1) is 10.7. The molecule has 2 atom stereocenters. The number of benzene rings is 1. The maximum absolute atomic E-state index is 12.3. The highest BCUT2D eigenvalue weighted by molar-refractivity contribution is 5.93. The van der Waals surface area contributed by atoms with Gasteiger partial charge in [-0.3, -0.25) is 4.79 Å². The lowest BCUT2D eigenvalue weighted by atomic mass is 10.2. The molecule has 0 radical (unpaired) electrons. The molecule has 3 rings (SSSR count). The second-order valence-corrected chi connectivity index (χ2v) is 5.46. The smallest absolute Gasteiger partial charge is 0.254 e. The molecule has 3 N–H and O–H groups in total. The number of aromatic nitrogens is 2. The Morgan fingerprint density at radius 1 is 1.41 bits per heavy atom. The van der Waals surface area contributed by atoms with Gasteiger partial charge in [0.2, 0.25) is 0 Å². The largest absolute Gasteiger partial charge is 0.364 e. The van der Waals surface area contributed by atoms with Crippen LogP contribution in [-0.2, 0) is 9.53 Å². The molecule has 116 valence electrons. The van der Waals surface area contributed by atoms with Gasteiger partial charge in [-0.05, 0) is 31.4 Å². The summed E-state index contributed by atoms with van der Waals surface area (Å²) in [6.45, 7) is 2.46. The van der Waals surface area contributed by atoms with E-state index in [1.165, 1.54) is 0 Å². The van der Waals surface area contributed by atoms with Gasteiger partial charge in [0.15, 0.2) is 0 Å². The van der Waals surface area contributed by atoms with Crippen molar-refractivity contribution in [2.45, 2.75) is 32.0 Å². The van der Waals surface area contributed by atoms with Crippen molar-refractivity contribution >= 4 is 11.7 Å². The molecule has 6 heteroatoms. The zero-order chi connectivity index (χ0) is 15.5. The third kappa shape index (κ3) is 2.88. The van der Waals surface area contributed by atoms with Crippen LogP contribution in [-0.4, -0.2) is 34.4 Å². The fourth-order valence-corrected chi connectivity index (χ4v) is 2.67. The van der Waals surface area contributed by atoms with Gasteiger partial charge in [-0.1, -0.05) is 18.2 Å². The minimum absolute atomic E-state index is 0.0166. The maximum atomic E-state index is 12.3. The third-order valence-corrected chi connectivity index (χ3v) is 3.90. The fourth-order valence-electron chi connectivity index (χ4n) is 2.67. The van der Waals surface area contributed by atoms with Crippen molar-refractivity contribution in [3.8, 4) is 5.69 Å². The first kappa shape index (κ1) is 14.7. The van der Waals surface area contributed by atoms with Gasteiger partial charge in [0, 0.05) is 12.6 Å². The molecule has 6 nitrogen and oxygen atoms in total. The Morgan fingerprint density at radius 2 is 2.23 bits per heavy atom. The molecule has 1 aromatic carbocycles. The average molecular weight is 300 g/mol. The Kier molecular flexibility index (Phi) is 4.22. The van der Waals surface area contributed by atoms with Crippen LogP contribution in [0.25, 0.3) is 5.69 Å². The van der Waals surface area contributed by atoms with E-state index < -0.39 is 6.10 Å². The minimum Gasteiger partial charge on any atom is -0.364 e. The predicted octanol–water partition coefficient (Wildman–Crippen LogP) is 1.63. The van der Waals surface area contributed by atoms with Crippen LogP contribution in [0, 0.1) is 6.92 Å². The van der Waals surface area contributed by atoms with Gasteiger partial charge in [-0.25, -0.2) is 4.68 Å². The zero-order valence-electron chi connectivity index (χ0n) is 12.5. The second-order valence-electron chi connectivity index (χ2n) is 5.46. The van der Waals surface area contributed by atoms with Crippen LogP contribution in [0.5, 0.6) is 0 Å². The van der Waals surface area contributed by atoms with Crippen LogP contribution < -0.4 is 11.1 Å². The number of carbonyl (C=O) groups excluding carboxylic acids is 1. The second kappa shape index (κ2) is 6.29. The first-order valence-corrected chi connectivity index (χ1v) is 7.45. The monoisotopic (exact) mass is 300 g/mol. The van der Waals surface area contributed by atoms with Crippen molar-refractivity contribution in [3.63, 3.8) is 0 Å². The number of nitrogens with one attached hydrogen (secondary N) is 1. The van der Waals surface area contributed by atoms with Gasteiger partial charge in [-0.2, -0.15) is 5.10 Å². The number of rotatable bonds is 4. The van der Waals surface area contributed by atoms with Crippen LogP contribution in [0.2, 0.25) is 0 Å². The van der Waals surface area contributed by atoms with Crippen molar-refractivity contribution < 1.29 is 9.53 Å². The van der Waals surface area contributed by atoms with Crippen LogP contribution in [0.4, 0.5) is 5.82 Å². The van der Waals surface area contributed by atoms with Gasteiger partial charge in [0.05, 0.1) is 18.0 Å². The molecule has 2 aromatic rings. The summed E-state index contributed by atoms with van der Waals surface area (Å²) >= 11 is 0. The molecule has 0 spiro atoms. The van der Waals surface area contributed by atoms with E-state index in [-0.39, 0.29) is 12.0 Å². The number of amides is 1. The molecule has 0 bridgehead atoms. The Hall–Kier alpha value is -2.18. The van der Waals surface area contributed by atoms with E-state index in [0.29, 0.717) is 18.8 Å². The van der Waals surface area contributed by atoms with Crippen LogP contribution in [0.3, 0.4) is 0 Å². The summed E-state index contributed by atoms with van der Waals surface area (Å²) in [5.74, 6) is 0.491. The lowest BCUT2D eigenvalue weighted by Gasteiger charge is -2.14. The van der Waals surface area contributed by atoms with E-state index in [4.69, 9.17) is 10.5 Å². The van der Waals surface area contributed by atoms with Gasteiger partial charge in [0.25, 0.3) is 5.91 Å². The molecule has 0 saturated carbocycles. The van der Waals surface area contributed by atoms with Crippen LogP contribution >= 0.6 is 0 Å². The third-order valence-electron chi connectivity index (χ3n) is 3.90. The molecule has 0 aliphatic carbocycles. The molecule has 0 unspecified atom stereocenters. The number of carbonyl (C=O) groups is 1. The topological polar surface area (TPSA) is 82.2 Å². The van der Waals surface area contributed by atoms with Crippen LogP contribution in [0.15, 0.2) is 36.5 Å². The van der Waals surface area contributed by atoms with Crippen molar-refractivity contribution in [2.75, 3.05) is 11.9 Å². The van der Waals surface area contributed by atoms with Gasteiger partial charge >= 0.3 is 0 Å². The molecule has 1 aliphatic rings. The number of nitrogens with zero attached hydrogens (tertiary/aromatic N) is 2. The quantitative estimate of drug-likeness (QED) is 0.899. The van der Waals surface area contributed by atoms with Gasteiger partial charge < -0.3 is 15.8 Å². The normalized spacial score (nSPS) is 21.0. The standard InChI is InChI=1S/C16H20N4O2/c1-11-4-2-3-5-13(11)20-15(8-9-18-20)19-16(21)14-7-6-12(10-17)22-14/h2-5,8-9,12,14H,6-7,10,17H2,1H3,(H,19,21)/t12-,14+/m1/s1. The SMILES string of the molecule is Cc1ccccc1-n1nccc1NC(=O)[C@@H]1CC[C@H](CN)O1. The first-order valence-electron chi connectivity index (χ1n) is 7.45. The van der Waals surface area contributed by atoms with E-state index in [0.717, 1.165) is 17.7 Å². The highest BCUT2D eigenvalue weighted by atomic mass is 16.5. The number of ether oxygens (including phenoxy) is 1. The summed E-state index contributed by atoms with van der Waals surface area (Å²) in [5, 5.41) is 7.20. The predicted molar refractivity (Wildman–Crippen MR) is 83.9 cm³/mol. The number of anilines is 1.